The smallest absolute Gasteiger partial charge is 0.321 e. The van der Waals surface area contributed by atoms with Crippen molar-refractivity contribution in [3.8, 4) is 5.75 Å². The fourth-order valence-electron chi connectivity index (χ4n) is 4.07. The van der Waals surface area contributed by atoms with E-state index in [1.54, 1.807) is 12.0 Å². The average Bonchev–Trinajstić information content (AvgIpc) is 2.79. The zero-order valence-electron chi connectivity index (χ0n) is 19.4. The molecule has 1 aliphatic rings. The van der Waals surface area contributed by atoms with Gasteiger partial charge >= 0.3 is 6.03 Å². The third kappa shape index (κ3) is 6.23. The number of likely N-dealkylation sites (N-methyl/N-ethyl adjacent to an activating group) is 1. The number of nitrogens with one attached hydrogen (secondary N) is 2. The van der Waals surface area contributed by atoms with Gasteiger partial charge in [-0.05, 0) is 69.3 Å². The van der Waals surface area contributed by atoms with E-state index in [2.05, 4.69) is 15.5 Å². The minimum atomic E-state index is -0.203. The summed E-state index contributed by atoms with van der Waals surface area (Å²) in [6.07, 6.45) is 1.60. The quantitative estimate of drug-likeness (QED) is 0.692. The number of nitrogens with zero attached hydrogens (tertiary/aromatic N) is 2. The largest absolute Gasteiger partial charge is 0.497 e. The van der Waals surface area contributed by atoms with E-state index in [9.17, 15) is 9.59 Å². The molecule has 0 radical (unpaired) electrons. The van der Waals surface area contributed by atoms with Crippen LogP contribution in [0.3, 0.4) is 0 Å². The molecule has 2 N–H and O–H groups in total. The van der Waals surface area contributed by atoms with Gasteiger partial charge in [0.15, 0.2) is 0 Å². The van der Waals surface area contributed by atoms with Gasteiger partial charge in [0.1, 0.15) is 5.75 Å². The highest BCUT2D eigenvalue weighted by Crippen LogP contribution is 2.22. The molecule has 2 atom stereocenters. The van der Waals surface area contributed by atoms with E-state index in [0.29, 0.717) is 19.6 Å². The fraction of sp³-hybridized carbons (Fsp3) is 0.440. The van der Waals surface area contributed by atoms with Crippen LogP contribution in [0.15, 0.2) is 48.5 Å². The van der Waals surface area contributed by atoms with Crippen LogP contribution in [0.4, 0.5) is 10.5 Å². The highest BCUT2D eigenvalue weighted by molar-refractivity contribution is 5.90. The van der Waals surface area contributed by atoms with Crippen molar-refractivity contribution in [3.05, 3.63) is 59.7 Å². The predicted molar refractivity (Wildman–Crippen MR) is 127 cm³/mol. The highest BCUT2D eigenvalue weighted by atomic mass is 16.5. The van der Waals surface area contributed by atoms with Crippen molar-refractivity contribution in [2.75, 3.05) is 46.2 Å². The number of hydrogen-bond acceptors (Lipinski definition) is 4. The molecular weight excluding hydrogens is 404 g/mol. The lowest BCUT2D eigenvalue weighted by atomic mass is 9.97. The number of rotatable bonds is 7. The third-order valence-corrected chi connectivity index (χ3v) is 5.94. The number of aryl methyl sites for hydroxylation is 1. The Morgan fingerprint density at radius 1 is 1.19 bits per heavy atom. The average molecular weight is 439 g/mol. The fourth-order valence-corrected chi connectivity index (χ4v) is 4.07. The van der Waals surface area contributed by atoms with E-state index in [1.807, 2.05) is 69.6 Å². The van der Waals surface area contributed by atoms with E-state index in [-0.39, 0.29) is 23.9 Å². The molecular formula is C25H34N4O3. The van der Waals surface area contributed by atoms with Crippen LogP contribution >= 0.6 is 0 Å². The normalized spacial score (nSPS) is 17.0. The first kappa shape index (κ1) is 23.6. The second-order valence-corrected chi connectivity index (χ2v) is 8.58. The van der Waals surface area contributed by atoms with Crippen molar-refractivity contribution in [3.63, 3.8) is 0 Å². The number of urea groups is 1. The van der Waals surface area contributed by atoms with Crippen molar-refractivity contribution >= 4 is 17.6 Å². The minimum Gasteiger partial charge on any atom is -0.497 e. The number of likely N-dealkylation sites (tertiary alicyclic amines) is 1. The first-order valence-corrected chi connectivity index (χ1v) is 11.1. The maximum atomic E-state index is 12.9. The topological polar surface area (TPSA) is 73.9 Å². The second-order valence-electron chi connectivity index (χ2n) is 8.58. The predicted octanol–water partition coefficient (Wildman–Crippen LogP) is 3.67. The van der Waals surface area contributed by atoms with Gasteiger partial charge in [-0.15, -0.1) is 0 Å². The molecule has 0 bridgehead atoms. The van der Waals surface area contributed by atoms with Crippen LogP contribution in [-0.2, 0) is 4.79 Å². The van der Waals surface area contributed by atoms with Gasteiger partial charge in [-0.2, -0.15) is 0 Å². The summed E-state index contributed by atoms with van der Waals surface area (Å²) in [7, 11) is 5.64. The van der Waals surface area contributed by atoms with Crippen LogP contribution in [-0.4, -0.2) is 62.6 Å². The number of benzene rings is 2. The van der Waals surface area contributed by atoms with E-state index in [1.165, 1.54) is 0 Å². The van der Waals surface area contributed by atoms with Crippen LogP contribution in [0.2, 0.25) is 0 Å². The monoisotopic (exact) mass is 438 g/mol. The second kappa shape index (κ2) is 11.0. The summed E-state index contributed by atoms with van der Waals surface area (Å²) in [5, 5.41) is 6.05. The summed E-state index contributed by atoms with van der Waals surface area (Å²) >= 11 is 0. The molecule has 2 unspecified atom stereocenters. The van der Waals surface area contributed by atoms with Crippen LogP contribution in [0.5, 0.6) is 5.75 Å². The van der Waals surface area contributed by atoms with Crippen molar-refractivity contribution in [1.82, 2.24) is 15.1 Å². The molecule has 0 aromatic heterocycles. The third-order valence-electron chi connectivity index (χ3n) is 5.94. The van der Waals surface area contributed by atoms with Crippen LogP contribution in [0.25, 0.3) is 0 Å². The minimum absolute atomic E-state index is 0.00147. The molecule has 0 aliphatic carbocycles. The van der Waals surface area contributed by atoms with Gasteiger partial charge in [0.25, 0.3) is 0 Å². The SMILES string of the molecule is COc1ccc(C(CNC(=O)C2CCCN(C(=O)Nc3cccc(C)c3)C2)N(C)C)cc1. The maximum Gasteiger partial charge on any atom is 0.321 e. The molecule has 2 aromatic carbocycles. The number of piperidine rings is 1. The molecule has 3 amide bonds. The van der Waals surface area contributed by atoms with E-state index < -0.39 is 0 Å². The molecule has 7 heteroatoms. The van der Waals surface area contributed by atoms with Crippen molar-refractivity contribution in [2.24, 2.45) is 5.92 Å². The van der Waals surface area contributed by atoms with Gasteiger partial charge in [-0.25, -0.2) is 4.79 Å². The number of carbonyl (C=O) groups is 2. The summed E-state index contributed by atoms with van der Waals surface area (Å²) in [6, 6.07) is 15.5. The van der Waals surface area contributed by atoms with Gasteiger partial charge in [-0.1, -0.05) is 24.3 Å². The van der Waals surface area contributed by atoms with Crippen LogP contribution < -0.4 is 15.4 Å². The lowest BCUT2D eigenvalue weighted by molar-refractivity contribution is -0.126. The van der Waals surface area contributed by atoms with Crippen molar-refractivity contribution in [2.45, 2.75) is 25.8 Å². The molecule has 172 valence electrons. The van der Waals surface area contributed by atoms with Gasteiger partial charge < -0.3 is 25.2 Å². The summed E-state index contributed by atoms with van der Waals surface area (Å²) in [4.78, 5) is 29.5. The van der Waals surface area contributed by atoms with Crippen molar-refractivity contribution in [1.29, 1.82) is 0 Å². The molecule has 0 spiro atoms. The Kier molecular flexibility index (Phi) is 8.11. The van der Waals surface area contributed by atoms with E-state index >= 15 is 0 Å². The van der Waals surface area contributed by atoms with E-state index in [4.69, 9.17) is 4.74 Å². The van der Waals surface area contributed by atoms with Gasteiger partial charge in [0, 0.05) is 25.3 Å². The zero-order chi connectivity index (χ0) is 23.1. The Morgan fingerprint density at radius 3 is 2.59 bits per heavy atom. The van der Waals surface area contributed by atoms with Crippen molar-refractivity contribution < 1.29 is 14.3 Å². The number of anilines is 1. The Labute approximate surface area is 190 Å². The zero-order valence-corrected chi connectivity index (χ0v) is 19.4. The number of amides is 3. The number of methoxy groups -OCH3 is 1. The molecule has 32 heavy (non-hydrogen) atoms. The van der Waals surface area contributed by atoms with Gasteiger partial charge in [-0.3, -0.25) is 4.79 Å². The van der Waals surface area contributed by atoms with Crippen LogP contribution in [0.1, 0.15) is 30.0 Å². The highest BCUT2D eigenvalue weighted by Gasteiger charge is 2.29. The summed E-state index contributed by atoms with van der Waals surface area (Å²) < 4.78 is 5.24. The summed E-state index contributed by atoms with van der Waals surface area (Å²) in [6.45, 7) is 3.58. The molecule has 1 fully saturated rings. The molecule has 7 nitrogen and oxygen atoms in total. The molecule has 0 saturated carbocycles. The maximum absolute atomic E-state index is 12.9. The summed E-state index contributed by atoms with van der Waals surface area (Å²) in [5.41, 5.74) is 2.97. The Morgan fingerprint density at radius 2 is 1.94 bits per heavy atom. The first-order valence-electron chi connectivity index (χ1n) is 11.1. The summed E-state index contributed by atoms with van der Waals surface area (Å²) in [5.74, 6) is 0.602. The van der Waals surface area contributed by atoms with Gasteiger partial charge in [0.05, 0.1) is 19.1 Å². The standard InChI is InChI=1S/C25H34N4O3/c1-18-7-5-9-21(15-18)27-25(31)29-14-6-8-20(17-29)24(30)26-16-23(28(2)3)19-10-12-22(32-4)13-11-19/h5,7,9-13,15,20,23H,6,8,14,16-17H2,1-4H3,(H,26,30)(H,27,31). The molecule has 1 heterocycles. The lowest BCUT2D eigenvalue weighted by Crippen LogP contribution is -2.47. The Balaban J connectivity index is 1.56. The van der Waals surface area contributed by atoms with E-state index in [0.717, 1.165) is 35.4 Å². The Hall–Kier alpha value is -3.06. The lowest BCUT2D eigenvalue weighted by Gasteiger charge is -2.33. The number of carbonyl (C=O) groups excluding carboxylic acids is 2. The molecule has 1 saturated heterocycles. The van der Waals surface area contributed by atoms with Crippen LogP contribution in [0, 0.1) is 12.8 Å². The first-order chi connectivity index (χ1) is 15.4. The molecule has 3 rings (SSSR count). The molecule has 2 aromatic rings. The molecule has 1 aliphatic heterocycles. The number of ether oxygens (including phenoxy) is 1. The Bertz CT molecular complexity index is 914. The van der Waals surface area contributed by atoms with Gasteiger partial charge in [0.2, 0.25) is 5.91 Å². The number of hydrogen-bond donors (Lipinski definition) is 2.